The van der Waals surface area contributed by atoms with Crippen LogP contribution in [0.25, 0.3) is 0 Å². The van der Waals surface area contributed by atoms with Gasteiger partial charge in [-0.1, -0.05) is 23.7 Å². The maximum absolute atomic E-state index is 12.7. The molecule has 2 aromatic heterocycles. The van der Waals surface area contributed by atoms with Crippen LogP contribution in [0.1, 0.15) is 32.2 Å². The van der Waals surface area contributed by atoms with Gasteiger partial charge in [0.2, 0.25) is 0 Å². The van der Waals surface area contributed by atoms with Crippen LogP contribution in [0, 0.1) is 6.92 Å². The summed E-state index contributed by atoms with van der Waals surface area (Å²) in [5, 5.41) is 12.2. The lowest BCUT2D eigenvalue weighted by molar-refractivity contribution is 0.0742. The summed E-state index contributed by atoms with van der Waals surface area (Å²) in [5.74, 6) is 0.0288. The minimum absolute atomic E-state index is 0.139. The van der Waals surface area contributed by atoms with Crippen molar-refractivity contribution < 1.29 is 9.59 Å². The van der Waals surface area contributed by atoms with Gasteiger partial charge in [0.25, 0.3) is 11.8 Å². The third kappa shape index (κ3) is 3.50. The highest BCUT2D eigenvalue weighted by atomic mass is 35.5. The summed E-state index contributed by atoms with van der Waals surface area (Å²) in [5.41, 5.74) is 2.37. The minimum atomic E-state index is -0.385. The summed E-state index contributed by atoms with van der Waals surface area (Å²) in [4.78, 5) is 26.5. The number of benzene rings is 1. The molecule has 0 saturated carbocycles. The number of fused-ring (bicyclic) bond motifs is 1. The Kier molecular flexibility index (Phi) is 4.64. The summed E-state index contributed by atoms with van der Waals surface area (Å²) in [6.45, 7) is 3.46. The summed E-state index contributed by atoms with van der Waals surface area (Å²) in [6.07, 6.45) is 0. The van der Waals surface area contributed by atoms with Crippen LogP contribution in [0.5, 0.6) is 0 Å². The molecule has 1 aliphatic rings. The molecular formula is C19H19ClN6O2. The Morgan fingerprint density at radius 1 is 1.21 bits per heavy atom. The fourth-order valence-corrected chi connectivity index (χ4v) is 3.38. The second-order valence-corrected chi connectivity index (χ2v) is 7.21. The number of carbonyl (C=O) groups excluding carboxylic acids is 2. The monoisotopic (exact) mass is 398 g/mol. The van der Waals surface area contributed by atoms with Gasteiger partial charge in [-0.25, -0.2) is 4.68 Å². The van der Waals surface area contributed by atoms with Crippen molar-refractivity contribution in [3.05, 3.63) is 64.1 Å². The standard InChI is InChI=1S/C19H19ClN6O2/c1-12-8-17(26(22-12)11-13-4-3-5-14(20)9-13)21-18(27)15-10-16-19(28)24(2)6-7-25(16)23-15/h3-5,8-10H,6-7,11H2,1-2H3,(H,21,27). The average molecular weight is 399 g/mol. The number of halogens is 1. The van der Waals surface area contributed by atoms with Gasteiger partial charge in [-0.15, -0.1) is 0 Å². The van der Waals surface area contributed by atoms with Gasteiger partial charge in [0.1, 0.15) is 11.5 Å². The predicted octanol–water partition coefficient (Wildman–Crippen LogP) is 2.43. The quantitative estimate of drug-likeness (QED) is 0.731. The third-order valence-corrected chi connectivity index (χ3v) is 4.83. The molecule has 0 spiro atoms. The number of nitrogens with zero attached hydrogens (tertiary/aromatic N) is 5. The maximum atomic E-state index is 12.7. The number of aromatic nitrogens is 4. The van der Waals surface area contributed by atoms with Crippen LogP contribution in [-0.4, -0.2) is 49.9 Å². The molecule has 1 aromatic carbocycles. The summed E-state index contributed by atoms with van der Waals surface area (Å²) in [6, 6.07) is 10.8. The highest BCUT2D eigenvalue weighted by Gasteiger charge is 2.26. The molecule has 0 radical (unpaired) electrons. The van der Waals surface area contributed by atoms with Crippen molar-refractivity contribution in [2.45, 2.75) is 20.0 Å². The SMILES string of the molecule is Cc1cc(NC(=O)c2cc3n(n2)CCN(C)C3=O)n(Cc2cccc(Cl)c2)n1. The van der Waals surface area contributed by atoms with Gasteiger partial charge in [0.05, 0.1) is 18.8 Å². The van der Waals surface area contributed by atoms with E-state index in [2.05, 4.69) is 15.5 Å². The predicted molar refractivity (Wildman–Crippen MR) is 105 cm³/mol. The molecule has 3 aromatic rings. The second-order valence-electron chi connectivity index (χ2n) is 6.78. The van der Waals surface area contributed by atoms with Crippen LogP contribution in [0.15, 0.2) is 36.4 Å². The zero-order valence-electron chi connectivity index (χ0n) is 15.5. The number of hydrogen-bond acceptors (Lipinski definition) is 4. The average Bonchev–Trinajstić information content (AvgIpc) is 3.22. The lowest BCUT2D eigenvalue weighted by atomic mass is 10.2. The zero-order chi connectivity index (χ0) is 19.8. The molecule has 2 amide bonds. The molecule has 0 saturated heterocycles. The van der Waals surface area contributed by atoms with Crippen molar-refractivity contribution >= 4 is 29.2 Å². The second kappa shape index (κ2) is 7.12. The van der Waals surface area contributed by atoms with E-state index >= 15 is 0 Å². The van der Waals surface area contributed by atoms with Gasteiger partial charge in [-0.3, -0.25) is 14.3 Å². The van der Waals surface area contributed by atoms with E-state index in [1.165, 1.54) is 6.07 Å². The fraction of sp³-hybridized carbons (Fsp3) is 0.263. The number of amides is 2. The number of likely N-dealkylation sites (N-methyl/N-ethyl adjacent to an activating group) is 1. The first-order chi connectivity index (χ1) is 13.4. The molecule has 3 heterocycles. The normalized spacial score (nSPS) is 13.5. The lowest BCUT2D eigenvalue weighted by Gasteiger charge is -2.22. The fourth-order valence-electron chi connectivity index (χ4n) is 3.17. The van der Waals surface area contributed by atoms with E-state index in [4.69, 9.17) is 11.6 Å². The first-order valence-electron chi connectivity index (χ1n) is 8.84. The zero-order valence-corrected chi connectivity index (χ0v) is 16.3. The smallest absolute Gasteiger partial charge is 0.277 e. The molecule has 1 aliphatic heterocycles. The molecule has 0 aliphatic carbocycles. The third-order valence-electron chi connectivity index (χ3n) is 4.59. The molecule has 8 nitrogen and oxygen atoms in total. The minimum Gasteiger partial charge on any atom is -0.339 e. The van der Waals surface area contributed by atoms with E-state index in [0.717, 1.165) is 11.3 Å². The van der Waals surface area contributed by atoms with E-state index in [-0.39, 0.29) is 17.5 Å². The van der Waals surface area contributed by atoms with E-state index < -0.39 is 0 Å². The van der Waals surface area contributed by atoms with Crippen molar-refractivity contribution in [3.63, 3.8) is 0 Å². The van der Waals surface area contributed by atoms with Crippen LogP contribution in [0.2, 0.25) is 5.02 Å². The van der Waals surface area contributed by atoms with Gasteiger partial charge in [0.15, 0.2) is 5.69 Å². The van der Waals surface area contributed by atoms with E-state index in [9.17, 15) is 9.59 Å². The Hall–Kier alpha value is -3.13. The number of carbonyl (C=O) groups is 2. The van der Waals surface area contributed by atoms with Gasteiger partial charge in [0, 0.05) is 30.7 Å². The molecule has 4 rings (SSSR count). The molecule has 9 heteroatoms. The Labute approximate surface area is 166 Å². The van der Waals surface area contributed by atoms with E-state index in [0.29, 0.717) is 36.2 Å². The number of hydrogen-bond donors (Lipinski definition) is 1. The van der Waals surface area contributed by atoms with Crippen LogP contribution in [-0.2, 0) is 13.1 Å². The Morgan fingerprint density at radius 2 is 2.04 bits per heavy atom. The van der Waals surface area contributed by atoms with Crippen LogP contribution >= 0.6 is 11.6 Å². The molecule has 144 valence electrons. The first-order valence-corrected chi connectivity index (χ1v) is 9.22. The Bertz CT molecular complexity index is 1070. The summed E-state index contributed by atoms with van der Waals surface area (Å²) in [7, 11) is 1.73. The molecule has 0 fully saturated rings. The first kappa shape index (κ1) is 18.2. The van der Waals surface area contributed by atoms with Gasteiger partial charge in [-0.2, -0.15) is 10.2 Å². The highest BCUT2D eigenvalue weighted by Crippen LogP contribution is 2.18. The van der Waals surface area contributed by atoms with Crippen molar-refractivity contribution in [2.75, 3.05) is 18.9 Å². The maximum Gasteiger partial charge on any atom is 0.277 e. The highest BCUT2D eigenvalue weighted by molar-refractivity contribution is 6.30. The van der Waals surface area contributed by atoms with Gasteiger partial charge in [-0.05, 0) is 24.6 Å². The van der Waals surface area contributed by atoms with Gasteiger partial charge < -0.3 is 10.2 Å². The number of aryl methyl sites for hydroxylation is 1. The summed E-state index contributed by atoms with van der Waals surface area (Å²) < 4.78 is 3.28. The molecule has 28 heavy (non-hydrogen) atoms. The van der Waals surface area contributed by atoms with Crippen molar-refractivity contribution in [3.8, 4) is 0 Å². The van der Waals surface area contributed by atoms with Crippen molar-refractivity contribution in [2.24, 2.45) is 0 Å². The van der Waals surface area contributed by atoms with E-state index in [1.54, 1.807) is 33.4 Å². The van der Waals surface area contributed by atoms with Crippen LogP contribution in [0.3, 0.4) is 0 Å². The number of rotatable bonds is 4. The molecular weight excluding hydrogens is 380 g/mol. The van der Waals surface area contributed by atoms with Crippen molar-refractivity contribution in [1.29, 1.82) is 0 Å². The largest absolute Gasteiger partial charge is 0.339 e. The van der Waals surface area contributed by atoms with Crippen LogP contribution in [0.4, 0.5) is 5.82 Å². The summed E-state index contributed by atoms with van der Waals surface area (Å²) >= 11 is 6.05. The molecule has 0 atom stereocenters. The lowest BCUT2D eigenvalue weighted by Crippen LogP contribution is -2.37. The van der Waals surface area contributed by atoms with E-state index in [1.807, 2.05) is 25.1 Å². The number of nitrogens with one attached hydrogen (secondary N) is 1. The molecule has 0 bridgehead atoms. The van der Waals surface area contributed by atoms with Gasteiger partial charge >= 0.3 is 0 Å². The van der Waals surface area contributed by atoms with Crippen molar-refractivity contribution in [1.82, 2.24) is 24.5 Å². The molecule has 1 N–H and O–H groups in total. The van der Waals surface area contributed by atoms with Crippen LogP contribution < -0.4 is 5.32 Å². The topological polar surface area (TPSA) is 85.0 Å². The Morgan fingerprint density at radius 3 is 2.82 bits per heavy atom. The Balaban J connectivity index is 1.56. The number of anilines is 1. The molecule has 0 unspecified atom stereocenters.